The minimum Gasteiger partial charge on any atom is -0.496 e. The molecule has 2 aromatic rings. The van der Waals surface area contributed by atoms with Crippen LogP contribution in [0.4, 0.5) is 11.4 Å². The molecule has 0 unspecified atom stereocenters. The number of anilines is 2. The Balaban J connectivity index is 2.35. The summed E-state index contributed by atoms with van der Waals surface area (Å²) in [6.07, 6.45) is 0. The minimum atomic E-state index is -3.75. The molecule has 2 N–H and O–H groups in total. The van der Waals surface area contributed by atoms with Crippen LogP contribution in [-0.2, 0) is 14.8 Å². The molecule has 0 aliphatic heterocycles. The molecule has 0 heterocycles. The molecule has 2 aromatic carbocycles. The summed E-state index contributed by atoms with van der Waals surface area (Å²) in [5.41, 5.74) is 2.46. The summed E-state index contributed by atoms with van der Waals surface area (Å²) in [5, 5.41) is 2.64. The van der Waals surface area contributed by atoms with Crippen molar-refractivity contribution in [2.75, 3.05) is 17.1 Å². The Kier molecular flexibility index (Phi) is 5.92. The summed E-state index contributed by atoms with van der Waals surface area (Å²) in [7, 11) is -2.18. The second-order valence-corrected chi connectivity index (χ2v) is 8.03. The van der Waals surface area contributed by atoms with E-state index in [1.807, 2.05) is 13.8 Å². The quantitative estimate of drug-likeness (QED) is 0.801. The van der Waals surface area contributed by atoms with Gasteiger partial charge in [0.2, 0.25) is 5.91 Å². The van der Waals surface area contributed by atoms with Gasteiger partial charge < -0.3 is 10.1 Å². The fourth-order valence-electron chi connectivity index (χ4n) is 2.63. The number of benzene rings is 2. The van der Waals surface area contributed by atoms with Gasteiger partial charge >= 0.3 is 0 Å². The Hall–Kier alpha value is -2.54. The average molecular weight is 376 g/mol. The zero-order valence-corrected chi connectivity index (χ0v) is 16.4. The van der Waals surface area contributed by atoms with Crippen LogP contribution in [0.15, 0.2) is 41.3 Å². The zero-order chi connectivity index (χ0) is 19.5. The molecule has 26 heavy (non-hydrogen) atoms. The molecule has 0 saturated carbocycles. The van der Waals surface area contributed by atoms with Crippen molar-refractivity contribution in [3.05, 3.63) is 47.5 Å². The highest BCUT2D eigenvalue weighted by Gasteiger charge is 2.21. The van der Waals surface area contributed by atoms with Gasteiger partial charge in [-0.3, -0.25) is 9.52 Å². The highest BCUT2D eigenvalue weighted by molar-refractivity contribution is 7.92. The number of amides is 1. The number of nitrogens with one attached hydrogen (secondary N) is 2. The Morgan fingerprint density at radius 2 is 1.65 bits per heavy atom. The molecule has 0 aromatic heterocycles. The number of carbonyl (C=O) groups excluding carboxylic acids is 1. The first-order chi connectivity index (χ1) is 12.1. The second kappa shape index (κ2) is 7.78. The summed E-state index contributed by atoms with van der Waals surface area (Å²) >= 11 is 0. The number of aryl methyl sites for hydroxylation is 1. The molecule has 7 heteroatoms. The van der Waals surface area contributed by atoms with Gasteiger partial charge in [0.05, 0.1) is 12.0 Å². The smallest absolute Gasteiger partial charge is 0.262 e. The Morgan fingerprint density at radius 1 is 1.08 bits per heavy atom. The maximum absolute atomic E-state index is 12.8. The molecule has 0 fully saturated rings. The van der Waals surface area contributed by atoms with Gasteiger partial charge in [0.25, 0.3) is 10.0 Å². The fourth-order valence-corrected chi connectivity index (χ4v) is 3.95. The molecule has 1 amide bonds. The first-order valence-electron chi connectivity index (χ1n) is 8.23. The molecule has 0 aliphatic rings. The monoisotopic (exact) mass is 376 g/mol. The molecule has 0 bridgehead atoms. The summed E-state index contributed by atoms with van der Waals surface area (Å²) in [6, 6.07) is 9.88. The van der Waals surface area contributed by atoms with E-state index in [0.29, 0.717) is 22.7 Å². The number of methoxy groups -OCH3 is 1. The molecule has 2 rings (SSSR count). The van der Waals surface area contributed by atoms with E-state index >= 15 is 0 Å². The van der Waals surface area contributed by atoms with Gasteiger partial charge in [-0.1, -0.05) is 13.8 Å². The van der Waals surface area contributed by atoms with Gasteiger partial charge in [-0.05, 0) is 60.4 Å². The van der Waals surface area contributed by atoms with E-state index in [1.165, 1.54) is 6.92 Å². The van der Waals surface area contributed by atoms with E-state index < -0.39 is 10.0 Å². The minimum absolute atomic E-state index is 0.122. The van der Waals surface area contributed by atoms with Crippen LogP contribution >= 0.6 is 0 Å². The normalized spacial score (nSPS) is 11.3. The van der Waals surface area contributed by atoms with Crippen molar-refractivity contribution in [2.24, 2.45) is 0 Å². The predicted octanol–water partition coefficient (Wildman–Crippen LogP) is 3.89. The number of ether oxygens (including phenoxy) is 1. The summed E-state index contributed by atoms with van der Waals surface area (Å²) in [6.45, 7) is 7.12. The Labute approximate surface area is 154 Å². The molecule has 0 atom stereocenters. The fraction of sp³-hybridized carbons (Fsp3) is 0.316. The third-order valence-corrected chi connectivity index (χ3v) is 5.42. The molecule has 0 spiro atoms. The maximum Gasteiger partial charge on any atom is 0.262 e. The van der Waals surface area contributed by atoms with Crippen LogP contribution in [0.3, 0.4) is 0 Å². The van der Waals surface area contributed by atoms with Gasteiger partial charge in [-0.2, -0.15) is 0 Å². The first kappa shape index (κ1) is 19.8. The predicted molar refractivity (Wildman–Crippen MR) is 103 cm³/mol. The lowest BCUT2D eigenvalue weighted by molar-refractivity contribution is -0.114. The topological polar surface area (TPSA) is 84.5 Å². The lowest BCUT2D eigenvalue weighted by Gasteiger charge is -2.17. The van der Waals surface area contributed by atoms with Crippen LogP contribution in [-0.4, -0.2) is 21.4 Å². The molecular formula is C19H24N2O4S. The second-order valence-electron chi connectivity index (χ2n) is 6.38. The van der Waals surface area contributed by atoms with Crippen molar-refractivity contribution in [3.63, 3.8) is 0 Å². The summed E-state index contributed by atoms with van der Waals surface area (Å²) < 4.78 is 33.6. The summed E-state index contributed by atoms with van der Waals surface area (Å²) in [5.74, 6) is 0.612. The standard InChI is InChI=1S/C19H24N2O4S/c1-12(2)17-11-19(13(3)10-18(17)25-5)26(23,24)21-16-8-6-15(7-9-16)20-14(4)22/h6-12,21H,1-5H3,(H,20,22). The number of carbonyl (C=O) groups is 1. The van der Waals surface area contributed by atoms with Gasteiger partial charge in [-0.25, -0.2) is 8.42 Å². The molecular weight excluding hydrogens is 352 g/mol. The molecule has 6 nitrogen and oxygen atoms in total. The van der Waals surface area contributed by atoms with E-state index in [1.54, 1.807) is 50.4 Å². The van der Waals surface area contributed by atoms with Crippen LogP contribution in [0.25, 0.3) is 0 Å². The Bertz CT molecular complexity index is 904. The van der Waals surface area contributed by atoms with E-state index in [0.717, 1.165) is 5.56 Å². The maximum atomic E-state index is 12.8. The van der Waals surface area contributed by atoms with Crippen LogP contribution in [0.1, 0.15) is 37.8 Å². The Morgan fingerprint density at radius 3 is 2.15 bits per heavy atom. The highest BCUT2D eigenvalue weighted by Crippen LogP contribution is 2.32. The van der Waals surface area contributed by atoms with E-state index in [4.69, 9.17) is 4.74 Å². The van der Waals surface area contributed by atoms with Crippen molar-refractivity contribution in [3.8, 4) is 5.75 Å². The average Bonchev–Trinajstić information content (AvgIpc) is 2.55. The lowest BCUT2D eigenvalue weighted by Crippen LogP contribution is -2.15. The van der Waals surface area contributed by atoms with Gasteiger partial charge in [-0.15, -0.1) is 0 Å². The van der Waals surface area contributed by atoms with E-state index in [9.17, 15) is 13.2 Å². The van der Waals surface area contributed by atoms with E-state index in [2.05, 4.69) is 10.0 Å². The molecule has 140 valence electrons. The summed E-state index contributed by atoms with van der Waals surface area (Å²) in [4.78, 5) is 11.3. The number of rotatable bonds is 6. The van der Waals surface area contributed by atoms with Crippen molar-refractivity contribution in [1.29, 1.82) is 0 Å². The van der Waals surface area contributed by atoms with E-state index in [-0.39, 0.29) is 16.7 Å². The third-order valence-electron chi connectivity index (χ3n) is 3.90. The highest BCUT2D eigenvalue weighted by atomic mass is 32.2. The molecule has 0 saturated heterocycles. The third kappa shape index (κ3) is 4.54. The van der Waals surface area contributed by atoms with Gasteiger partial charge in [0.1, 0.15) is 5.75 Å². The molecule has 0 radical (unpaired) electrons. The van der Waals surface area contributed by atoms with Crippen LogP contribution in [0, 0.1) is 6.92 Å². The van der Waals surface area contributed by atoms with Gasteiger partial charge in [0, 0.05) is 18.3 Å². The number of hydrogen-bond acceptors (Lipinski definition) is 4. The number of sulfonamides is 1. The van der Waals surface area contributed by atoms with Crippen LogP contribution < -0.4 is 14.8 Å². The zero-order valence-electron chi connectivity index (χ0n) is 15.6. The lowest BCUT2D eigenvalue weighted by atomic mass is 10.0. The van der Waals surface area contributed by atoms with Gasteiger partial charge in [0.15, 0.2) is 0 Å². The van der Waals surface area contributed by atoms with Crippen molar-refractivity contribution >= 4 is 27.3 Å². The van der Waals surface area contributed by atoms with Crippen LogP contribution in [0.5, 0.6) is 5.75 Å². The SMILES string of the molecule is COc1cc(C)c(S(=O)(=O)Nc2ccc(NC(C)=O)cc2)cc1C(C)C. The largest absolute Gasteiger partial charge is 0.496 e. The van der Waals surface area contributed by atoms with Crippen molar-refractivity contribution < 1.29 is 17.9 Å². The first-order valence-corrected chi connectivity index (χ1v) is 9.71. The van der Waals surface area contributed by atoms with Crippen molar-refractivity contribution in [2.45, 2.75) is 38.5 Å². The van der Waals surface area contributed by atoms with Crippen molar-refractivity contribution in [1.82, 2.24) is 0 Å². The van der Waals surface area contributed by atoms with Crippen LogP contribution in [0.2, 0.25) is 0 Å². The number of hydrogen-bond donors (Lipinski definition) is 2. The molecule has 0 aliphatic carbocycles.